The number of amides is 2. The number of hydrogen-bond donors (Lipinski definition) is 2. The minimum absolute atomic E-state index is 0.141. The van der Waals surface area contributed by atoms with Gasteiger partial charge >= 0.3 is 12.0 Å². The summed E-state index contributed by atoms with van der Waals surface area (Å²) in [5.74, 6) is -0.654. The first kappa shape index (κ1) is 19.7. The van der Waals surface area contributed by atoms with Gasteiger partial charge in [0.05, 0.1) is 0 Å². The van der Waals surface area contributed by atoms with Crippen molar-refractivity contribution >= 4 is 12.0 Å². The largest absolute Gasteiger partial charge is 0.480 e. The molecule has 0 aromatic heterocycles. The lowest BCUT2D eigenvalue weighted by atomic mass is 9.87. The van der Waals surface area contributed by atoms with E-state index in [0.717, 1.165) is 12.8 Å². The number of carboxylic acid groups (broad SMARTS) is 1. The molecule has 0 aliphatic heterocycles. The summed E-state index contributed by atoms with van der Waals surface area (Å²) in [6.45, 7) is 14.3. The maximum atomic E-state index is 12.6. The van der Waals surface area contributed by atoms with E-state index in [1.165, 1.54) is 0 Å². The van der Waals surface area contributed by atoms with Crippen LogP contribution in [-0.2, 0) is 4.79 Å². The molecular formula is C16H32N2O3. The van der Waals surface area contributed by atoms with Crippen molar-refractivity contribution in [3.8, 4) is 0 Å². The Labute approximate surface area is 129 Å². The van der Waals surface area contributed by atoms with Crippen LogP contribution in [-0.4, -0.2) is 40.6 Å². The van der Waals surface area contributed by atoms with Gasteiger partial charge in [-0.3, -0.25) is 0 Å². The first-order chi connectivity index (χ1) is 9.54. The molecule has 2 amide bonds. The van der Waals surface area contributed by atoms with E-state index in [1.807, 2.05) is 34.6 Å². The van der Waals surface area contributed by atoms with Crippen LogP contribution < -0.4 is 5.32 Å². The highest BCUT2D eigenvalue weighted by Crippen LogP contribution is 2.20. The van der Waals surface area contributed by atoms with E-state index >= 15 is 0 Å². The number of nitrogens with one attached hydrogen (secondary N) is 1. The van der Waals surface area contributed by atoms with E-state index in [2.05, 4.69) is 19.2 Å². The SMILES string of the molecule is CCC(CC)N(CC(C)C)C(=O)N[C@H](C(=O)O)C(C)(C)C. The fourth-order valence-electron chi connectivity index (χ4n) is 2.38. The number of urea groups is 1. The zero-order valence-corrected chi connectivity index (χ0v) is 14.6. The third-order valence-corrected chi connectivity index (χ3v) is 3.59. The average Bonchev–Trinajstić information content (AvgIpc) is 2.33. The molecule has 5 heteroatoms. The molecule has 124 valence electrons. The smallest absolute Gasteiger partial charge is 0.326 e. The van der Waals surface area contributed by atoms with Gasteiger partial charge in [-0.25, -0.2) is 9.59 Å². The Morgan fingerprint density at radius 3 is 1.90 bits per heavy atom. The van der Waals surface area contributed by atoms with Gasteiger partial charge in [0.25, 0.3) is 0 Å². The van der Waals surface area contributed by atoms with Crippen LogP contribution in [0.3, 0.4) is 0 Å². The second-order valence-corrected chi connectivity index (χ2v) is 7.10. The van der Waals surface area contributed by atoms with Crippen molar-refractivity contribution in [1.82, 2.24) is 10.2 Å². The monoisotopic (exact) mass is 300 g/mol. The van der Waals surface area contributed by atoms with Crippen LogP contribution in [0.25, 0.3) is 0 Å². The van der Waals surface area contributed by atoms with Crippen LogP contribution in [0, 0.1) is 11.3 Å². The van der Waals surface area contributed by atoms with E-state index in [4.69, 9.17) is 0 Å². The van der Waals surface area contributed by atoms with Gasteiger partial charge in [0.15, 0.2) is 0 Å². The molecule has 0 aromatic carbocycles. The Balaban J connectivity index is 5.15. The van der Waals surface area contributed by atoms with Crippen molar-refractivity contribution in [3.05, 3.63) is 0 Å². The third-order valence-electron chi connectivity index (χ3n) is 3.59. The summed E-state index contributed by atoms with van der Waals surface area (Å²) in [4.78, 5) is 25.7. The van der Waals surface area contributed by atoms with Gasteiger partial charge in [0.2, 0.25) is 0 Å². The summed E-state index contributed by atoms with van der Waals surface area (Å²) >= 11 is 0. The molecule has 2 N–H and O–H groups in total. The molecule has 0 radical (unpaired) electrons. The Kier molecular flexibility index (Phi) is 7.75. The number of carbonyl (C=O) groups is 2. The van der Waals surface area contributed by atoms with Crippen LogP contribution in [0.1, 0.15) is 61.3 Å². The first-order valence-electron chi connectivity index (χ1n) is 7.84. The highest BCUT2D eigenvalue weighted by molar-refractivity contribution is 5.83. The molecule has 0 saturated carbocycles. The van der Waals surface area contributed by atoms with Gasteiger partial charge < -0.3 is 15.3 Å². The summed E-state index contributed by atoms with van der Waals surface area (Å²) in [5, 5.41) is 12.0. The van der Waals surface area contributed by atoms with Crippen LogP contribution >= 0.6 is 0 Å². The van der Waals surface area contributed by atoms with Crippen LogP contribution in [0.5, 0.6) is 0 Å². The second-order valence-electron chi connectivity index (χ2n) is 7.10. The third kappa shape index (κ3) is 6.36. The summed E-state index contributed by atoms with van der Waals surface area (Å²) in [6, 6.07) is -1.03. The van der Waals surface area contributed by atoms with E-state index in [9.17, 15) is 14.7 Å². The van der Waals surface area contributed by atoms with Gasteiger partial charge in [0, 0.05) is 12.6 Å². The molecule has 0 aliphatic carbocycles. The molecule has 0 saturated heterocycles. The number of carbonyl (C=O) groups excluding carboxylic acids is 1. The lowest BCUT2D eigenvalue weighted by Gasteiger charge is -2.35. The molecule has 21 heavy (non-hydrogen) atoms. The molecule has 0 fully saturated rings. The molecule has 0 aliphatic rings. The Hall–Kier alpha value is -1.26. The summed E-state index contributed by atoms with van der Waals surface area (Å²) < 4.78 is 0. The summed E-state index contributed by atoms with van der Waals surface area (Å²) in [5.41, 5.74) is -0.529. The molecular weight excluding hydrogens is 268 g/mol. The van der Waals surface area contributed by atoms with Crippen molar-refractivity contribution in [2.45, 2.75) is 73.4 Å². The molecule has 0 spiro atoms. The van der Waals surface area contributed by atoms with Gasteiger partial charge in [-0.2, -0.15) is 0 Å². The minimum atomic E-state index is -0.995. The van der Waals surface area contributed by atoms with E-state index < -0.39 is 17.4 Å². The topological polar surface area (TPSA) is 69.6 Å². The number of aliphatic carboxylic acids is 1. The fraction of sp³-hybridized carbons (Fsp3) is 0.875. The van der Waals surface area contributed by atoms with E-state index in [0.29, 0.717) is 12.5 Å². The molecule has 5 nitrogen and oxygen atoms in total. The van der Waals surface area contributed by atoms with Crippen molar-refractivity contribution in [3.63, 3.8) is 0 Å². The highest BCUT2D eigenvalue weighted by atomic mass is 16.4. The average molecular weight is 300 g/mol. The Morgan fingerprint density at radius 1 is 1.14 bits per heavy atom. The van der Waals surface area contributed by atoms with E-state index in [1.54, 1.807) is 4.90 Å². The zero-order valence-electron chi connectivity index (χ0n) is 14.6. The van der Waals surface area contributed by atoms with Crippen molar-refractivity contribution in [2.24, 2.45) is 11.3 Å². The molecule has 0 heterocycles. The number of hydrogen-bond acceptors (Lipinski definition) is 2. The highest BCUT2D eigenvalue weighted by Gasteiger charge is 2.34. The van der Waals surface area contributed by atoms with Gasteiger partial charge in [-0.1, -0.05) is 48.5 Å². The zero-order chi connectivity index (χ0) is 16.8. The second kappa shape index (κ2) is 8.25. The number of nitrogens with zero attached hydrogens (tertiary/aromatic N) is 1. The minimum Gasteiger partial charge on any atom is -0.480 e. The predicted molar refractivity (Wildman–Crippen MR) is 85.3 cm³/mol. The molecule has 0 bridgehead atoms. The number of carboxylic acids is 1. The number of rotatable bonds is 7. The maximum absolute atomic E-state index is 12.6. The maximum Gasteiger partial charge on any atom is 0.326 e. The van der Waals surface area contributed by atoms with Gasteiger partial charge in [0.1, 0.15) is 6.04 Å². The van der Waals surface area contributed by atoms with E-state index in [-0.39, 0.29) is 12.1 Å². The van der Waals surface area contributed by atoms with Crippen LogP contribution in [0.4, 0.5) is 4.79 Å². The molecule has 0 rings (SSSR count). The van der Waals surface area contributed by atoms with Crippen LogP contribution in [0.15, 0.2) is 0 Å². The van der Waals surface area contributed by atoms with Crippen molar-refractivity contribution < 1.29 is 14.7 Å². The predicted octanol–water partition coefficient (Wildman–Crippen LogP) is 3.34. The summed E-state index contributed by atoms with van der Waals surface area (Å²) in [6.07, 6.45) is 1.73. The van der Waals surface area contributed by atoms with Gasteiger partial charge in [-0.05, 0) is 24.2 Å². The normalized spacial score (nSPS) is 13.4. The standard InChI is InChI=1S/C16H32N2O3/c1-8-12(9-2)18(10-11(3)4)15(21)17-13(14(19)20)16(5,6)7/h11-13H,8-10H2,1-7H3,(H,17,21)(H,19,20)/t13-/m1/s1. The first-order valence-corrected chi connectivity index (χ1v) is 7.84. The van der Waals surface area contributed by atoms with Gasteiger partial charge in [-0.15, -0.1) is 0 Å². The molecule has 0 aromatic rings. The molecule has 1 atom stereocenters. The molecule has 0 unspecified atom stereocenters. The Morgan fingerprint density at radius 2 is 1.62 bits per heavy atom. The van der Waals surface area contributed by atoms with Crippen molar-refractivity contribution in [2.75, 3.05) is 6.54 Å². The van der Waals surface area contributed by atoms with Crippen molar-refractivity contribution in [1.29, 1.82) is 0 Å². The Bertz CT molecular complexity index is 344. The quantitative estimate of drug-likeness (QED) is 0.757. The summed E-state index contributed by atoms with van der Waals surface area (Å²) in [7, 11) is 0. The lowest BCUT2D eigenvalue weighted by Crippen LogP contribution is -2.55. The fourth-order valence-corrected chi connectivity index (χ4v) is 2.38. The lowest BCUT2D eigenvalue weighted by molar-refractivity contribution is -0.142. The van der Waals surface area contributed by atoms with Crippen LogP contribution in [0.2, 0.25) is 0 Å².